The number of carbonyl (C=O) groups is 1. The zero-order valence-corrected chi connectivity index (χ0v) is 21.1. The molecule has 2 heterocycles. The number of esters is 1. The van der Waals surface area contributed by atoms with Crippen LogP contribution in [0.5, 0.6) is 5.75 Å². The number of methoxy groups -OCH3 is 1. The van der Waals surface area contributed by atoms with Crippen molar-refractivity contribution in [3.63, 3.8) is 0 Å². The molecule has 8 nitrogen and oxygen atoms in total. The van der Waals surface area contributed by atoms with E-state index in [1.54, 1.807) is 43.3 Å². The van der Waals surface area contributed by atoms with Crippen molar-refractivity contribution in [2.45, 2.75) is 13.5 Å². The highest BCUT2D eigenvalue weighted by molar-refractivity contribution is 7.11. The van der Waals surface area contributed by atoms with Crippen LogP contribution >= 0.6 is 34.7 Å². The van der Waals surface area contributed by atoms with Crippen molar-refractivity contribution in [1.29, 1.82) is 0 Å². The predicted octanol–water partition coefficient (Wildman–Crippen LogP) is 5.63. The van der Waals surface area contributed by atoms with Crippen LogP contribution in [0.4, 0.5) is 0 Å². The van der Waals surface area contributed by atoms with E-state index in [2.05, 4.69) is 9.53 Å². The minimum atomic E-state index is -0.642. The molecule has 0 bridgehead atoms. The van der Waals surface area contributed by atoms with Crippen molar-refractivity contribution in [2.24, 2.45) is 5.16 Å². The number of hydrogen-bond donors (Lipinski definition) is 0. The Morgan fingerprint density at radius 1 is 1.17 bits per heavy atom. The number of ether oxygens (including phenoxy) is 2. The number of benzene rings is 2. The van der Waals surface area contributed by atoms with Gasteiger partial charge in [0.05, 0.1) is 17.0 Å². The predicted molar refractivity (Wildman–Crippen MR) is 135 cm³/mol. The van der Waals surface area contributed by atoms with Gasteiger partial charge in [0.15, 0.2) is 10.9 Å². The van der Waals surface area contributed by atoms with Gasteiger partial charge in [0.25, 0.3) is 0 Å². The van der Waals surface area contributed by atoms with Crippen LogP contribution in [0.25, 0.3) is 21.4 Å². The smallest absolute Gasteiger partial charge is 0.360 e. The van der Waals surface area contributed by atoms with Crippen molar-refractivity contribution in [1.82, 2.24) is 4.37 Å². The first-order chi connectivity index (χ1) is 16.8. The van der Waals surface area contributed by atoms with E-state index in [-0.39, 0.29) is 22.5 Å². The Kier molecular flexibility index (Phi) is 7.39. The van der Waals surface area contributed by atoms with Crippen LogP contribution < -0.4 is 10.4 Å². The molecule has 35 heavy (non-hydrogen) atoms. The van der Waals surface area contributed by atoms with Crippen LogP contribution in [-0.4, -0.2) is 30.3 Å². The van der Waals surface area contributed by atoms with E-state index in [0.29, 0.717) is 43.8 Å². The average Bonchev–Trinajstić information content (AvgIpc) is 3.19. The molecule has 11 heteroatoms. The van der Waals surface area contributed by atoms with Crippen molar-refractivity contribution in [3.8, 4) is 16.2 Å². The molecule has 4 rings (SSSR count). The Hall–Kier alpha value is -3.40. The summed E-state index contributed by atoms with van der Waals surface area (Å²) in [6, 6.07) is 12.2. The summed E-state index contributed by atoms with van der Waals surface area (Å²) < 4.78 is 20.3. The summed E-state index contributed by atoms with van der Waals surface area (Å²) in [4.78, 5) is 30.1. The fourth-order valence-electron chi connectivity index (χ4n) is 3.49. The molecule has 0 fully saturated rings. The van der Waals surface area contributed by atoms with E-state index in [9.17, 15) is 9.59 Å². The fraction of sp³-hybridized carbons (Fsp3) is 0.167. The summed E-state index contributed by atoms with van der Waals surface area (Å²) in [5.74, 6) is -0.196. The number of hydrogen-bond acceptors (Lipinski definition) is 9. The van der Waals surface area contributed by atoms with Gasteiger partial charge in [-0.05, 0) is 36.2 Å². The van der Waals surface area contributed by atoms with Crippen LogP contribution in [0.1, 0.15) is 16.7 Å². The molecule has 0 saturated heterocycles. The monoisotopic (exact) mass is 532 g/mol. The third-order valence-electron chi connectivity index (χ3n) is 5.16. The summed E-state index contributed by atoms with van der Waals surface area (Å²) in [6.45, 7) is 1.76. The second-order valence-corrected chi connectivity index (χ2v) is 8.73. The molecule has 0 aliphatic heterocycles. The first-order valence-electron chi connectivity index (χ1n) is 10.1. The normalized spacial score (nSPS) is 11.5. The third-order valence-corrected chi connectivity index (χ3v) is 6.97. The zero-order chi connectivity index (χ0) is 25.1. The summed E-state index contributed by atoms with van der Waals surface area (Å²) >= 11 is 13.5. The van der Waals surface area contributed by atoms with E-state index >= 15 is 0 Å². The van der Waals surface area contributed by atoms with Crippen molar-refractivity contribution in [2.75, 3.05) is 14.2 Å². The van der Waals surface area contributed by atoms with Gasteiger partial charge in [0.2, 0.25) is 0 Å². The molecule has 4 aromatic rings. The molecule has 0 amide bonds. The van der Waals surface area contributed by atoms with Crippen LogP contribution in [-0.2, 0) is 21.0 Å². The van der Waals surface area contributed by atoms with Crippen molar-refractivity contribution in [3.05, 3.63) is 79.8 Å². The Morgan fingerprint density at radius 3 is 2.63 bits per heavy atom. The molecule has 2 aromatic heterocycles. The maximum absolute atomic E-state index is 12.5. The summed E-state index contributed by atoms with van der Waals surface area (Å²) in [5, 5.41) is 4.92. The number of nitrogens with zero attached hydrogens (tertiary/aromatic N) is 2. The number of halogens is 2. The molecule has 0 N–H and O–H groups in total. The minimum absolute atomic E-state index is 0.0129. The molecular formula is C24H18Cl2N2O6S. The second kappa shape index (κ2) is 10.5. The standard InChI is InChI=1S/C24H18Cl2N2O6S/c1-12-18(21-19(25)22(26)28-35-21)16-9-8-14(10-17(16)34-23(12)29)33-11-13-6-4-5-7-15(13)20(27-32-3)24(30)31-2/h4-10H,11H2,1-3H3/b27-20+. The summed E-state index contributed by atoms with van der Waals surface area (Å²) in [6.07, 6.45) is 0. The molecule has 0 aliphatic carbocycles. The lowest BCUT2D eigenvalue weighted by molar-refractivity contribution is -0.132. The fourth-order valence-corrected chi connectivity index (χ4v) is 4.83. The number of oxime groups is 1. The highest BCUT2D eigenvalue weighted by Gasteiger charge is 2.21. The topological polar surface area (TPSA) is 100 Å². The number of aromatic nitrogens is 1. The first-order valence-corrected chi connectivity index (χ1v) is 11.7. The van der Waals surface area contributed by atoms with Gasteiger partial charge >= 0.3 is 11.6 Å². The molecule has 0 unspecified atom stereocenters. The zero-order valence-electron chi connectivity index (χ0n) is 18.8. The van der Waals surface area contributed by atoms with Gasteiger partial charge in [-0.1, -0.05) is 52.6 Å². The molecule has 0 radical (unpaired) electrons. The lowest BCUT2D eigenvalue weighted by Gasteiger charge is -2.13. The lowest BCUT2D eigenvalue weighted by atomic mass is 10.0. The van der Waals surface area contributed by atoms with Crippen LogP contribution in [0.15, 0.2) is 56.8 Å². The Morgan fingerprint density at radius 2 is 1.94 bits per heavy atom. The highest BCUT2D eigenvalue weighted by Crippen LogP contribution is 2.41. The van der Waals surface area contributed by atoms with Gasteiger partial charge < -0.3 is 18.7 Å². The van der Waals surface area contributed by atoms with E-state index in [0.717, 1.165) is 11.5 Å². The van der Waals surface area contributed by atoms with Gasteiger partial charge in [-0.25, -0.2) is 9.59 Å². The SMILES string of the molecule is CO/N=C(/C(=O)OC)c1ccccc1COc1ccc2c(-c3snc(Cl)c3Cl)c(C)c(=O)oc2c1. The van der Waals surface area contributed by atoms with E-state index in [1.807, 2.05) is 6.07 Å². The van der Waals surface area contributed by atoms with Gasteiger partial charge in [-0.3, -0.25) is 0 Å². The first kappa shape index (κ1) is 24.7. The van der Waals surface area contributed by atoms with Gasteiger partial charge in [-0.15, -0.1) is 0 Å². The maximum atomic E-state index is 12.5. The molecular weight excluding hydrogens is 515 g/mol. The minimum Gasteiger partial charge on any atom is -0.489 e. The highest BCUT2D eigenvalue weighted by atomic mass is 35.5. The second-order valence-electron chi connectivity index (χ2n) is 7.22. The molecule has 0 atom stereocenters. The summed E-state index contributed by atoms with van der Waals surface area (Å²) in [5.41, 5.74) is 2.01. The Bertz CT molecular complexity index is 1510. The van der Waals surface area contributed by atoms with E-state index in [1.165, 1.54) is 14.2 Å². The number of rotatable bonds is 7. The van der Waals surface area contributed by atoms with Crippen molar-refractivity contribution >= 4 is 57.4 Å². The van der Waals surface area contributed by atoms with Crippen LogP contribution in [0.2, 0.25) is 10.2 Å². The van der Waals surface area contributed by atoms with Crippen LogP contribution in [0, 0.1) is 6.92 Å². The number of fused-ring (bicyclic) bond motifs is 1. The number of carbonyl (C=O) groups excluding carboxylic acids is 1. The van der Waals surface area contributed by atoms with Crippen molar-refractivity contribution < 1.29 is 23.5 Å². The molecule has 180 valence electrons. The van der Waals surface area contributed by atoms with E-state index in [4.69, 9.17) is 41.9 Å². The summed E-state index contributed by atoms with van der Waals surface area (Å²) in [7, 11) is 2.60. The largest absolute Gasteiger partial charge is 0.489 e. The van der Waals surface area contributed by atoms with Gasteiger partial charge in [0, 0.05) is 28.1 Å². The molecule has 0 spiro atoms. The van der Waals surface area contributed by atoms with Gasteiger partial charge in [-0.2, -0.15) is 4.37 Å². The van der Waals surface area contributed by atoms with Crippen LogP contribution in [0.3, 0.4) is 0 Å². The lowest BCUT2D eigenvalue weighted by Crippen LogP contribution is -2.19. The average molecular weight is 533 g/mol. The molecule has 0 saturated carbocycles. The Balaban J connectivity index is 1.70. The Labute approximate surface area is 213 Å². The maximum Gasteiger partial charge on any atom is 0.360 e. The van der Waals surface area contributed by atoms with E-state index < -0.39 is 11.6 Å². The molecule has 0 aliphatic rings. The quantitative estimate of drug-likeness (QED) is 0.131. The molecule has 2 aromatic carbocycles. The van der Waals surface area contributed by atoms with Gasteiger partial charge in [0.1, 0.15) is 25.0 Å². The third kappa shape index (κ3) is 4.88.